The Balaban J connectivity index is 0. The molecule has 4 heteroatoms. The fourth-order valence-electron chi connectivity index (χ4n) is 0.769. The van der Waals surface area contributed by atoms with Crippen LogP contribution >= 0.6 is 8.69 Å². The van der Waals surface area contributed by atoms with Crippen molar-refractivity contribution in [2.24, 2.45) is 0 Å². The Morgan fingerprint density at radius 3 is 2.40 bits per heavy atom. The molecule has 0 N–H and O–H groups in total. The molecule has 0 saturated carbocycles. The molecule has 0 heterocycles. The van der Waals surface area contributed by atoms with Gasteiger partial charge in [-0.05, 0) is 12.8 Å². The van der Waals surface area contributed by atoms with E-state index in [-0.39, 0.29) is 43.8 Å². The van der Waals surface area contributed by atoms with Crippen molar-refractivity contribution in [3.05, 3.63) is 0 Å². The molecule has 0 aromatic carbocycles. The summed E-state index contributed by atoms with van der Waals surface area (Å²) < 4.78 is 15.0. The van der Waals surface area contributed by atoms with Gasteiger partial charge in [-0.3, -0.25) is 4.57 Å². The summed E-state index contributed by atoms with van der Waals surface area (Å²) >= 11 is 0. The van der Waals surface area contributed by atoms with Gasteiger partial charge in [-0.1, -0.05) is 20.3 Å². The Hall–Kier alpha value is 1.45. The van der Waals surface area contributed by atoms with Gasteiger partial charge in [0.2, 0.25) is 0 Å². The molecule has 0 saturated heterocycles. The molecule has 0 spiro atoms. The molecule has 0 aliphatic carbocycles. The van der Waals surface area contributed by atoms with Gasteiger partial charge < -0.3 is 4.52 Å². The van der Waals surface area contributed by atoms with Crippen LogP contribution in [0.5, 0.6) is 0 Å². The van der Waals surface area contributed by atoms with Gasteiger partial charge in [0.25, 0.3) is 0 Å². The predicted molar refractivity (Wildman–Crippen MR) is 46.2 cm³/mol. The zero-order valence-electron chi connectivity index (χ0n) is 6.80. The Kier molecular flexibility index (Phi) is 14.6. The molecule has 0 aliphatic heterocycles. The van der Waals surface area contributed by atoms with E-state index in [0.29, 0.717) is 0 Å². The largest absolute Gasteiger partial charge is 0.329 e. The van der Waals surface area contributed by atoms with Crippen LogP contribution in [0, 0.1) is 0 Å². The summed E-state index contributed by atoms with van der Waals surface area (Å²) in [6.45, 7) is 4.15. The summed E-state index contributed by atoms with van der Waals surface area (Å²) in [4.78, 5) is 0. The molecule has 0 aromatic heterocycles. The first kappa shape index (κ1) is 14.0. The third-order valence-electron chi connectivity index (χ3n) is 1.31. The maximum absolute atomic E-state index is 10.0. The third kappa shape index (κ3) is 7.56. The summed E-state index contributed by atoms with van der Waals surface area (Å²) in [5.74, 6) is 0. The molecular formula is C6H15CaO2P. The van der Waals surface area contributed by atoms with Crippen molar-refractivity contribution in [2.45, 2.75) is 39.2 Å². The molecule has 2 unspecified atom stereocenters. The van der Waals surface area contributed by atoms with Gasteiger partial charge in [-0.2, -0.15) is 0 Å². The molecular weight excluding hydrogens is 175 g/mol. The van der Waals surface area contributed by atoms with Gasteiger partial charge in [0, 0.05) is 37.7 Å². The van der Waals surface area contributed by atoms with Gasteiger partial charge in [0.1, 0.15) is 0 Å². The quantitative estimate of drug-likeness (QED) is 0.488. The first-order chi connectivity index (χ1) is 4.35. The maximum Gasteiger partial charge on any atom is 0.180 e. The summed E-state index contributed by atoms with van der Waals surface area (Å²) in [7, 11) is -1.01. The van der Waals surface area contributed by atoms with Gasteiger partial charge in [-0.25, -0.2) is 0 Å². The molecule has 10 heavy (non-hydrogen) atoms. The Labute approximate surface area is 94.0 Å². The average molecular weight is 190 g/mol. The summed E-state index contributed by atoms with van der Waals surface area (Å²) in [6, 6.07) is 0. The predicted octanol–water partition coefficient (Wildman–Crippen LogP) is 1.87. The monoisotopic (exact) mass is 190 g/mol. The number of rotatable bonds is 5. The minimum absolute atomic E-state index is 0. The second-order valence-corrected chi connectivity index (χ2v) is 2.52. The molecule has 2 atom stereocenters. The van der Waals surface area contributed by atoms with E-state index in [1.54, 1.807) is 0 Å². The Morgan fingerprint density at radius 2 is 2.10 bits per heavy atom. The van der Waals surface area contributed by atoms with Crippen molar-refractivity contribution in [3.8, 4) is 0 Å². The molecule has 0 amide bonds. The van der Waals surface area contributed by atoms with Gasteiger partial charge in [-0.15, -0.1) is 0 Å². The van der Waals surface area contributed by atoms with Crippen LogP contribution in [0.3, 0.4) is 0 Å². The van der Waals surface area contributed by atoms with E-state index >= 15 is 0 Å². The zero-order chi connectivity index (χ0) is 7.11. The molecule has 0 aromatic rings. The van der Waals surface area contributed by atoms with E-state index in [0.717, 1.165) is 19.3 Å². The van der Waals surface area contributed by atoms with Crippen LogP contribution in [0.1, 0.15) is 33.1 Å². The molecule has 0 rings (SSSR count). The zero-order valence-corrected chi connectivity index (χ0v) is 10.2. The van der Waals surface area contributed by atoms with Crippen molar-refractivity contribution in [1.82, 2.24) is 0 Å². The van der Waals surface area contributed by atoms with Gasteiger partial charge in [0.15, 0.2) is 8.69 Å². The molecule has 2 nitrogen and oxygen atoms in total. The number of hydrogen-bond acceptors (Lipinski definition) is 2. The van der Waals surface area contributed by atoms with Crippen molar-refractivity contribution < 1.29 is 9.09 Å². The minimum atomic E-state index is -1.01. The van der Waals surface area contributed by atoms with E-state index in [4.69, 9.17) is 4.52 Å². The van der Waals surface area contributed by atoms with Crippen LogP contribution < -0.4 is 0 Å². The summed E-state index contributed by atoms with van der Waals surface area (Å²) in [5.41, 5.74) is 0. The van der Waals surface area contributed by atoms with Crippen molar-refractivity contribution in [3.63, 3.8) is 0 Å². The third-order valence-corrected chi connectivity index (χ3v) is 1.81. The second-order valence-electron chi connectivity index (χ2n) is 2.05. The van der Waals surface area contributed by atoms with Crippen LogP contribution in [0.2, 0.25) is 0 Å². The molecule has 58 valence electrons. The van der Waals surface area contributed by atoms with Crippen LogP contribution in [0.4, 0.5) is 0 Å². The standard InChI is InChI=1S/C6H15O2P.Ca/c1-3-5-6(4-2)8-9-7;/h6H,3-5,9H2,1-2H3;. The Bertz CT molecular complexity index is 80.1. The normalized spacial score (nSPS) is 13.4. The van der Waals surface area contributed by atoms with Crippen LogP contribution in [-0.2, 0) is 9.09 Å². The van der Waals surface area contributed by atoms with Crippen molar-refractivity contribution >= 4 is 46.4 Å². The molecule has 0 aliphatic rings. The average Bonchev–Trinajstić information content (AvgIpc) is 1.88. The SMILES string of the molecule is CCCC(CC)O[PH2]=O.[Ca]. The van der Waals surface area contributed by atoms with E-state index < -0.39 is 8.69 Å². The van der Waals surface area contributed by atoms with Crippen LogP contribution in [0.25, 0.3) is 0 Å². The Morgan fingerprint density at radius 1 is 1.50 bits per heavy atom. The van der Waals surface area contributed by atoms with Gasteiger partial charge in [0.05, 0.1) is 6.10 Å². The van der Waals surface area contributed by atoms with Crippen molar-refractivity contribution in [1.29, 1.82) is 0 Å². The first-order valence-electron chi connectivity index (χ1n) is 3.44. The van der Waals surface area contributed by atoms with Crippen molar-refractivity contribution in [2.75, 3.05) is 0 Å². The maximum atomic E-state index is 10.0. The molecule has 0 fully saturated rings. The summed E-state index contributed by atoms with van der Waals surface area (Å²) in [6.07, 6.45) is 3.36. The van der Waals surface area contributed by atoms with Crippen LogP contribution in [-0.4, -0.2) is 43.8 Å². The minimum Gasteiger partial charge on any atom is -0.329 e. The number of hydrogen-bond donors (Lipinski definition) is 0. The summed E-state index contributed by atoms with van der Waals surface area (Å²) in [5, 5.41) is 0. The fraction of sp³-hybridized carbons (Fsp3) is 1.00. The molecule has 2 radical (unpaired) electrons. The van der Waals surface area contributed by atoms with Crippen LogP contribution in [0.15, 0.2) is 0 Å². The van der Waals surface area contributed by atoms with E-state index in [1.807, 2.05) is 0 Å². The molecule has 0 bridgehead atoms. The van der Waals surface area contributed by atoms with Gasteiger partial charge >= 0.3 is 0 Å². The van der Waals surface area contributed by atoms with E-state index in [9.17, 15) is 4.57 Å². The smallest absolute Gasteiger partial charge is 0.180 e. The first-order valence-corrected chi connectivity index (χ1v) is 4.38. The topological polar surface area (TPSA) is 26.3 Å². The van der Waals surface area contributed by atoms with E-state index in [1.165, 1.54) is 0 Å². The van der Waals surface area contributed by atoms with E-state index in [2.05, 4.69) is 13.8 Å². The second kappa shape index (κ2) is 10.4. The fourth-order valence-corrected chi connectivity index (χ4v) is 1.25.